The van der Waals surface area contributed by atoms with Gasteiger partial charge in [-0.05, 0) is 47.4 Å². The Balaban J connectivity index is 1.66. The molecule has 4 rings (SSSR count). The number of nitrogens with zero attached hydrogens (tertiary/aromatic N) is 3. The molecule has 0 spiro atoms. The number of amides is 1. The van der Waals surface area contributed by atoms with Crippen LogP contribution in [-0.2, 0) is 17.8 Å². The third-order valence-corrected chi connectivity index (χ3v) is 5.08. The van der Waals surface area contributed by atoms with Crippen LogP contribution in [0.5, 0.6) is 0 Å². The zero-order chi connectivity index (χ0) is 19.0. The summed E-state index contributed by atoms with van der Waals surface area (Å²) in [6.45, 7) is 0.405. The number of aryl methyl sites for hydroxylation is 1. The van der Waals surface area contributed by atoms with Crippen LogP contribution >= 0.6 is 11.6 Å². The fourth-order valence-electron chi connectivity index (χ4n) is 3.39. The number of hydrogen-bond donors (Lipinski definition) is 0. The molecule has 6 heteroatoms. The molecule has 136 valence electrons. The smallest absolute Gasteiger partial charge is 0.250 e. The van der Waals surface area contributed by atoms with E-state index in [0.29, 0.717) is 18.0 Å². The quantitative estimate of drug-likeness (QED) is 0.699. The monoisotopic (exact) mass is 379 g/mol. The summed E-state index contributed by atoms with van der Waals surface area (Å²) in [5.74, 6) is 0.144. The van der Waals surface area contributed by atoms with Crippen LogP contribution in [0.4, 0.5) is 5.69 Å². The molecular weight excluding hydrogens is 362 g/mol. The first-order valence-electron chi connectivity index (χ1n) is 8.71. The summed E-state index contributed by atoms with van der Waals surface area (Å²) in [6.07, 6.45) is 6.47. The summed E-state index contributed by atoms with van der Waals surface area (Å²) >= 11 is 6.00. The van der Waals surface area contributed by atoms with Crippen molar-refractivity contribution in [3.05, 3.63) is 81.5 Å². The number of fused-ring (bicyclic) bond motifs is 1. The number of hydrogen-bond acceptors (Lipinski definition) is 3. The number of anilines is 1. The van der Waals surface area contributed by atoms with Crippen molar-refractivity contribution < 1.29 is 4.79 Å². The Labute approximate surface area is 161 Å². The van der Waals surface area contributed by atoms with Crippen molar-refractivity contribution in [3.63, 3.8) is 0 Å². The Kier molecular flexibility index (Phi) is 4.54. The van der Waals surface area contributed by atoms with Gasteiger partial charge in [-0.25, -0.2) is 0 Å². The molecule has 5 nitrogen and oxygen atoms in total. The lowest BCUT2D eigenvalue weighted by atomic mass is 9.96. The van der Waals surface area contributed by atoms with E-state index in [9.17, 15) is 9.59 Å². The van der Waals surface area contributed by atoms with E-state index in [1.165, 1.54) is 6.07 Å². The van der Waals surface area contributed by atoms with Gasteiger partial charge in [-0.2, -0.15) is 0 Å². The highest BCUT2D eigenvalue weighted by Gasteiger charge is 2.21. The van der Waals surface area contributed by atoms with Crippen LogP contribution in [0, 0.1) is 0 Å². The molecule has 3 aromatic rings. The van der Waals surface area contributed by atoms with Gasteiger partial charge in [0.15, 0.2) is 0 Å². The number of pyridine rings is 2. The molecule has 0 fully saturated rings. The first-order valence-corrected chi connectivity index (χ1v) is 9.09. The largest absolute Gasteiger partial charge is 0.315 e. The minimum absolute atomic E-state index is 0.105. The lowest BCUT2D eigenvalue weighted by molar-refractivity contribution is -0.118. The van der Waals surface area contributed by atoms with Gasteiger partial charge in [-0.3, -0.25) is 14.6 Å². The van der Waals surface area contributed by atoms with Crippen molar-refractivity contribution in [1.29, 1.82) is 0 Å². The summed E-state index contributed by atoms with van der Waals surface area (Å²) in [5, 5.41) is 0.520. The second kappa shape index (κ2) is 7.00. The molecule has 0 N–H and O–H groups in total. The Morgan fingerprint density at radius 2 is 1.89 bits per heavy atom. The van der Waals surface area contributed by atoms with E-state index in [4.69, 9.17) is 11.6 Å². The van der Waals surface area contributed by atoms with Gasteiger partial charge in [0.1, 0.15) is 0 Å². The van der Waals surface area contributed by atoms with Gasteiger partial charge in [0.2, 0.25) is 5.91 Å². The van der Waals surface area contributed by atoms with Gasteiger partial charge >= 0.3 is 0 Å². The second-order valence-corrected chi connectivity index (χ2v) is 7.13. The van der Waals surface area contributed by atoms with Crippen molar-refractivity contribution in [3.8, 4) is 11.1 Å². The van der Waals surface area contributed by atoms with Crippen molar-refractivity contribution in [2.75, 3.05) is 11.9 Å². The number of carbonyl (C=O) groups is 1. The minimum atomic E-state index is -0.105. The lowest BCUT2D eigenvalue weighted by Gasteiger charge is -2.26. The number of benzene rings is 1. The molecule has 0 unspecified atom stereocenters. The predicted molar refractivity (Wildman–Crippen MR) is 106 cm³/mol. The Bertz CT molecular complexity index is 1090. The molecule has 2 aromatic heterocycles. The molecule has 0 aliphatic carbocycles. The number of rotatable bonds is 3. The number of aromatic nitrogens is 2. The van der Waals surface area contributed by atoms with Crippen LogP contribution in [0.25, 0.3) is 11.1 Å². The molecular formula is C21H18ClN3O2. The molecule has 0 saturated heterocycles. The fourth-order valence-corrected chi connectivity index (χ4v) is 3.57. The highest BCUT2D eigenvalue weighted by Crippen LogP contribution is 2.31. The van der Waals surface area contributed by atoms with Crippen LogP contribution in [0.1, 0.15) is 17.5 Å². The van der Waals surface area contributed by atoms with Crippen LogP contribution in [-0.4, -0.2) is 22.5 Å². The molecule has 0 saturated carbocycles. The topological polar surface area (TPSA) is 55.2 Å². The lowest BCUT2D eigenvalue weighted by Crippen LogP contribution is -2.30. The number of carbonyl (C=O) groups excluding carboxylic acids is 1. The van der Waals surface area contributed by atoms with Crippen molar-refractivity contribution in [2.45, 2.75) is 19.4 Å². The van der Waals surface area contributed by atoms with Crippen molar-refractivity contribution >= 4 is 23.2 Å². The van der Waals surface area contributed by atoms with E-state index in [2.05, 4.69) is 11.1 Å². The molecule has 1 aromatic carbocycles. The highest BCUT2D eigenvalue weighted by atomic mass is 35.5. The van der Waals surface area contributed by atoms with E-state index >= 15 is 0 Å². The summed E-state index contributed by atoms with van der Waals surface area (Å²) in [7, 11) is 1.81. The summed E-state index contributed by atoms with van der Waals surface area (Å²) in [6, 6.07) is 11.2. The zero-order valence-corrected chi connectivity index (χ0v) is 15.6. The highest BCUT2D eigenvalue weighted by molar-refractivity contribution is 6.30. The van der Waals surface area contributed by atoms with E-state index in [0.717, 1.165) is 34.4 Å². The Morgan fingerprint density at radius 3 is 2.74 bits per heavy atom. The molecule has 27 heavy (non-hydrogen) atoms. The first kappa shape index (κ1) is 17.5. The minimum Gasteiger partial charge on any atom is -0.315 e. The van der Waals surface area contributed by atoms with E-state index in [1.807, 2.05) is 31.4 Å². The SMILES string of the molecule is CN1C(=O)CCc2cc(-c3cncc(Cn4cc(Cl)ccc4=O)c3)ccc21. The Morgan fingerprint density at radius 1 is 1.04 bits per heavy atom. The van der Waals surface area contributed by atoms with Gasteiger partial charge in [0, 0.05) is 49.4 Å². The maximum Gasteiger partial charge on any atom is 0.250 e. The molecule has 0 bridgehead atoms. The standard InChI is InChI=1S/C21H18ClN3O2/c1-24-19-5-2-15(9-16(19)3-6-20(24)26)17-8-14(10-23-11-17)12-25-13-18(22)4-7-21(25)27/h2,4-5,7-11,13H,3,6,12H2,1H3. The van der Waals surface area contributed by atoms with E-state index in [-0.39, 0.29) is 11.5 Å². The van der Waals surface area contributed by atoms with Gasteiger partial charge in [0.25, 0.3) is 5.56 Å². The fraction of sp³-hybridized carbons (Fsp3) is 0.190. The summed E-state index contributed by atoms with van der Waals surface area (Å²) in [5.41, 5.74) is 4.96. The van der Waals surface area contributed by atoms with Crippen LogP contribution < -0.4 is 10.5 Å². The average molecular weight is 380 g/mol. The molecule has 1 aliphatic heterocycles. The van der Waals surface area contributed by atoms with Gasteiger partial charge in [0.05, 0.1) is 11.6 Å². The third-order valence-electron chi connectivity index (χ3n) is 4.85. The van der Waals surface area contributed by atoms with Crippen molar-refractivity contribution in [1.82, 2.24) is 9.55 Å². The van der Waals surface area contributed by atoms with Gasteiger partial charge in [-0.15, -0.1) is 0 Å². The van der Waals surface area contributed by atoms with Gasteiger partial charge in [-0.1, -0.05) is 17.7 Å². The van der Waals surface area contributed by atoms with Crippen LogP contribution in [0.2, 0.25) is 5.02 Å². The van der Waals surface area contributed by atoms with Crippen LogP contribution in [0.3, 0.4) is 0 Å². The maximum atomic E-state index is 12.0. The van der Waals surface area contributed by atoms with Gasteiger partial charge < -0.3 is 9.47 Å². The molecule has 0 atom stereocenters. The first-order chi connectivity index (χ1) is 13.0. The molecule has 3 heterocycles. The maximum absolute atomic E-state index is 12.0. The predicted octanol–water partition coefficient (Wildman–Crippen LogP) is 3.52. The average Bonchev–Trinajstić information content (AvgIpc) is 2.68. The summed E-state index contributed by atoms with van der Waals surface area (Å²) < 4.78 is 1.57. The normalized spacial score (nSPS) is 13.6. The zero-order valence-electron chi connectivity index (χ0n) is 14.9. The molecule has 1 aliphatic rings. The van der Waals surface area contributed by atoms with E-state index in [1.54, 1.807) is 27.9 Å². The molecule has 1 amide bonds. The summed E-state index contributed by atoms with van der Waals surface area (Å²) in [4.78, 5) is 29.9. The van der Waals surface area contributed by atoms with E-state index < -0.39 is 0 Å². The number of halogens is 1. The molecule has 0 radical (unpaired) electrons. The Hall–Kier alpha value is -2.92. The van der Waals surface area contributed by atoms with Crippen LogP contribution in [0.15, 0.2) is 59.8 Å². The van der Waals surface area contributed by atoms with Crippen molar-refractivity contribution in [2.24, 2.45) is 0 Å². The second-order valence-electron chi connectivity index (χ2n) is 6.69. The third kappa shape index (κ3) is 3.51.